The third-order valence-electron chi connectivity index (χ3n) is 4.97. The number of carbonyl (C=O) groups is 1. The van der Waals surface area contributed by atoms with E-state index >= 15 is 0 Å². The second-order valence-corrected chi connectivity index (χ2v) is 6.88. The van der Waals surface area contributed by atoms with Gasteiger partial charge in [0.15, 0.2) is 6.10 Å². The fourth-order valence-electron chi connectivity index (χ4n) is 3.23. The normalized spacial score (nSPS) is 12.0. The number of amides is 1. The van der Waals surface area contributed by atoms with E-state index in [0.29, 0.717) is 22.6 Å². The van der Waals surface area contributed by atoms with E-state index in [1.54, 1.807) is 25.6 Å². The molecule has 1 atom stereocenters. The maximum Gasteiger partial charge on any atom is 0.295 e. The van der Waals surface area contributed by atoms with E-state index in [-0.39, 0.29) is 11.2 Å². The number of anilines is 1. The number of nitrogens with one attached hydrogen (secondary N) is 1. The number of ether oxygens (including phenoxy) is 1. The molecule has 8 heteroatoms. The Hall–Kier alpha value is -3.94. The standard InChI is InChI=1S/C22H21N5O3/c1-14-19(22(29)27(26(14)3)16-9-5-4-6-10-16)25-20(28)15(2)30-21-17-11-7-8-12-18(17)23-13-24-21/h4-13,15H,1-3H3,(H,25,28)/t15-/m0/s1. The smallest absolute Gasteiger partial charge is 0.295 e. The van der Waals surface area contributed by atoms with Crippen molar-refractivity contribution in [2.24, 2.45) is 7.05 Å². The number of benzene rings is 2. The molecule has 0 aliphatic rings. The van der Waals surface area contributed by atoms with Crippen LogP contribution >= 0.6 is 0 Å². The molecular weight excluding hydrogens is 382 g/mol. The predicted molar refractivity (Wildman–Crippen MR) is 114 cm³/mol. The third kappa shape index (κ3) is 3.43. The van der Waals surface area contributed by atoms with Gasteiger partial charge in [-0.2, -0.15) is 0 Å². The molecule has 0 spiro atoms. The molecule has 1 amide bonds. The fourth-order valence-corrected chi connectivity index (χ4v) is 3.23. The first-order chi connectivity index (χ1) is 14.5. The zero-order valence-corrected chi connectivity index (χ0v) is 16.9. The lowest BCUT2D eigenvalue weighted by Crippen LogP contribution is -2.32. The number of hydrogen-bond acceptors (Lipinski definition) is 5. The van der Waals surface area contributed by atoms with Crippen molar-refractivity contribution in [3.8, 4) is 11.6 Å². The minimum absolute atomic E-state index is 0.217. The highest BCUT2D eigenvalue weighted by molar-refractivity contribution is 5.95. The summed E-state index contributed by atoms with van der Waals surface area (Å²) in [4.78, 5) is 34.1. The van der Waals surface area contributed by atoms with Gasteiger partial charge in [0.2, 0.25) is 5.88 Å². The Bertz CT molecular complexity index is 1270. The minimum atomic E-state index is -0.868. The Labute approximate surface area is 172 Å². The number of nitrogens with zero attached hydrogens (tertiary/aromatic N) is 4. The quantitative estimate of drug-likeness (QED) is 0.553. The van der Waals surface area contributed by atoms with Crippen LogP contribution in [0, 0.1) is 6.92 Å². The van der Waals surface area contributed by atoms with Crippen molar-refractivity contribution in [2.45, 2.75) is 20.0 Å². The summed E-state index contributed by atoms with van der Waals surface area (Å²) in [6, 6.07) is 16.6. The van der Waals surface area contributed by atoms with Crippen molar-refractivity contribution in [1.29, 1.82) is 0 Å². The average Bonchev–Trinajstić information content (AvgIpc) is 2.97. The monoisotopic (exact) mass is 403 g/mol. The Morgan fingerprint density at radius 3 is 2.53 bits per heavy atom. The number of carbonyl (C=O) groups excluding carboxylic acids is 1. The van der Waals surface area contributed by atoms with Crippen LogP contribution in [0.2, 0.25) is 0 Å². The highest BCUT2D eigenvalue weighted by Gasteiger charge is 2.22. The molecule has 1 N–H and O–H groups in total. The van der Waals surface area contributed by atoms with Gasteiger partial charge in [-0.3, -0.25) is 14.3 Å². The van der Waals surface area contributed by atoms with Gasteiger partial charge in [0.25, 0.3) is 11.5 Å². The molecule has 0 bridgehead atoms. The first-order valence-corrected chi connectivity index (χ1v) is 9.48. The van der Waals surface area contributed by atoms with Gasteiger partial charge in [0.05, 0.1) is 22.3 Å². The first-order valence-electron chi connectivity index (χ1n) is 9.48. The molecule has 4 aromatic rings. The van der Waals surface area contributed by atoms with Crippen LogP contribution in [0.15, 0.2) is 65.7 Å². The molecule has 0 saturated heterocycles. The number of aromatic nitrogens is 4. The molecule has 0 aliphatic heterocycles. The molecule has 2 heterocycles. The maximum absolute atomic E-state index is 13.0. The molecule has 152 valence electrons. The molecule has 2 aromatic heterocycles. The van der Waals surface area contributed by atoms with Crippen LogP contribution < -0.4 is 15.6 Å². The molecule has 4 rings (SSSR count). The summed E-state index contributed by atoms with van der Waals surface area (Å²) in [6.45, 7) is 3.39. The van der Waals surface area contributed by atoms with Crippen molar-refractivity contribution < 1.29 is 9.53 Å². The number of para-hydroxylation sites is 2. The second-order valence-electron chi connectivity index (χ2n) is 6.88. The summed E-state index contributed by atoms with van der Waals surface area (Å²) in [7, 11) is 1.77. The van der Waals surface area contributed by atoms with Crippen molar-refractivity contribution in [3.05, 3.63) is 77.0 Å². The Morgan fingerprint density at radius 1 is 1.07 bits per heavy atom. The molecule has 0 fully saturated rings. The first kappa shape index (κ1) is 19.4. The SMILES string of the molecule is Cc1c(NC(=O)[C@H](C)Oc2ncnc3ccccc23)c(=O)n(-c2ccccc2)n1C. The van der Waals surface area contributed by atoms with Crippen LogP contribution in [-0.2, 0) is 11.8 Å². The van der Waals surface area contributed by atoms with Gasteiger partial charge in [0.1, 0.15) is 12.0 Å². The van der Waals surface area contributed by atoms with Gasteiger partial charge in [-0.1, -0.05) is 30.3 Å². The van der Waals surface area contributed by atoms with E-state index in [1.807, 2.05) is 54.6 Å². The van der Waals surface area contributed by atoms with Crippen molar-refractivity contribution in [2.75, 3.05) is 5.32 Å². The van der Waals surface area contributed by atoms with Gasteiger partial charge < -0.3 is 10.1 Å². The molecule has 0 unspecified atom stereocenters. The summed E-state index contributed by atoms with van der Waals surface area (Å²) in [6.07, 6.45) is 0.523. The van der Waals surface area contributed by atoms with E-state index in [1.165, 1.54) is 11.0 Å². The van der Waals surface area contributed by atoms with Crippen LogP contribution in [0.1, 0.15) is 12.6 Å². The van der Waals surface area contributed by atoms with Crippen LogP contribution in [0.4, 0.5) is 5.69 Å². The topological polar surface area (TPSA) is 91.0 Å². The summed E-state index contributed by atoms with van der Waals surface area (Å²) in [5.41, 5.74) is 1.98. The molecule has 30 heavy (non-hydrogen) atoms. The lowest BCUT2D eigenvalue weighted by atomic mass is 10.2. The van der Waals surface area contributed by atoms with Crippen LogP contribution in [-0.4, -0.2) is 31.3 Å². The van der Waals surface area contributed by atoms with E-state index in [0.717, 1.165) is 5.52 Å². The largest absolute Gasteiger partial charge is 0.464 e. The van der Waals surface area contributed by atoms with Gasteiger partial charge in [-0.25, -0.2) is 14.6 Å². The molecule has 0 saturated carbocycles. The molecular formula is C22H21N5O3. The zero-order valence-electron chi connectivity index (χ0n) is 16.9. The summed E-state index contributed by atoms with van der Waals surface area (Å²) in [5, 5.41) is 3.43. The minimum Gasteiger partial charge on any atom is -0.464 e. The van der Waals surface area contributed by atoms with E-state index in [2.05, 4.69) is 15.3 Å². The van der Waals surface area contributed by atoms with E-state index in [9.17, 15) is 9.59 Å². The fraction of sp³-hybridized carbons (Fsp3) is 0.182. The number of fused-ring (bicyclic) bond motifs is 1. The molecule has 8 nitrogen and oxygen atoms in total. The average molecular weight is 403 g/mol. The Kier molecular flexibility index (Phi) is 5.05. The molecule has 0 radical (unpaired) electrons. The lowest BCUT2D eigenvalue weighted by molar-refractivity contribution is -0.122. The Balaban J connectivity index is 1.59. The second kappa shape index (κ2) is 7.82. The van der Waals surface area contributed by atoms with Crippen molar-refractivity contribution >= 4 is 22.5 Å². The number of hydrogen-bond donors (Lipinski definition) is 1. The predicted octanol–water partition coefficient (Wildman–Crippen LogP) is 2.83. The highest BCUT2D eigenvalue weighted by atomic mass is 16.5. The zero-order chi connectivity index (χ0) is 21.3. The van der Waals surface area contributed by atoms with E-state index < -0.39 is 12.0 Å². The summed E-state index contributed by atoms with van der Waals surface area (Å²) >= 11 is 0. The van der Waals surface area contributed by atoms with Crippen molar-refractivity contribution in [1.82, 2.24) is 19.3 Å². The van der Waals surface area contributed by atoms with E-state index in [4.69, 9.17) is 4.74 Å². The van der Waals surface area contributed by atoms with Crippen LogP contribution in [0.5, 0.6) is 5.88 Å². The Morgan fingerprint density at radius 2 is 1.77 bits per heavy atom. The van der Waals surface area contributed by atoms with Gasteiger partial charge in [-0.05, 0) is 38.1 Å². The van der Waals surface area contributed by atoms with Crippen LogP contribution in [0.3, 0.4) is 0 Å². The van der Waals surface area contributed by atoms with Gasteiger partial charge in [-0.15, -0.1) is 0 Å². The van der Waals surface area contributed by atoms with Gasteiger partial charge in [0, 0.05) is 7.05 Å². The lowest BCUT2D eigenvalue weighted by Gasteiger charge is -2.14. The van der Waals surface area contributed by atoms with Gasteiger partial charge >= 0.3 is 0 Å². The third-order valence-corrected chi connectivity index (χ3v) is 4.97. The number of rotatable bonds is 5. The molecule has 2 aromatic carbocycles. The van der Waals surface area contributed by atoms with Crippen molar-refractivity contribution in [3.63, 3.8) is 0 Å². The maximum atomic E-state index is 13.0. The highest BCUT2D eigenvalue weighted by Crippen LogP contribution is 2.22. The summed E-state index contributed by atoms with van der Waals surface area (Å²) < 4.78 is 9.00. The molecule has 0 aliphatic carbocycles. The van der Waals surface area contributed by atoms with Crippen LogP contribution in [0.25, 0.3) is 16.6 Å². The summed E-state index contributed by atoms with van der Waals surface area (Å²) in [5.74, 6) is -0.126.